The molecular formula is C31H25Cl2N5O2S. The number of halogens is 2. The molecule has 1 aliphatic heterocycles. The fraction of sp³-hybridized carbons (Fsp3) is 0.161. The van der Waals surface area contributed by atoms with E-state index in [0.29, 0.717) is 42.8 Å². The molecule has 0 atom stereocenters. The highest BCUT2D eigenvalue weighted by molar-refractivity contribution is 7.89. The van der Waals surface area contributed by atoms with Gasteiger partial charge in [0.15, 0.2) is 0 Å². The van der Waals surface area contributed by atoms with Gasteiger partial charge in [0.05, 0.1) is 21.8 Å². The number of hydrogen-bond donors (Lipinski definition) is 0. The molecule has 5 aromatic rings. The number of imidazole rings is 1. The van der Waals surface area contributed by atoms with Crippen LogP contribution in [0.15, 0.2) is 96.0 Å². The minimum Gasteiger partial charge on any atom is -0.301 e. The van der Waals surface area contributed by atoms with Gasteiger partial charge in [-0.05, 0) is 59.7 Å². The molecule has 0 aliphatic carbocycles. The Balaban J connectivity index is 1.32. The number of nitriles is 1. The molecule has 0 saturated carbocycles. The summed E-state index contributed by atoms with van der Waals surface area (Å²) in [5, 5.41) is 10.7. The van der Waals surface area contributed by atoms with Gasteiger partial charge < -0.3 is 4.40 Å². The Morgan fingerprint density at radius 1 is 0.805 bits per heavy atom. The standard InChI is InChI=1S/C31H25Cl2N5O2S/c32-26-11-8-22(9-12-26)31-28(38-20-25(10-13-30(38)35-31)23-5-3-6-27(33)18-23)21-36-14-16-37(17-15-36)41(39,40)29-7-2-1-4-24(29)19-34/h1-13,18,20H,14-17,21H2. The van der Waals surface area contributed by atoms with Crippen LogP contribution in [-0.2, 0) is 16.6 Å². The van der Waals surface area contributed by atoms with Crippen molar-refractivity contribution in [3.05, 3.63) is 112 Å². The van der Waals surface area contributed by atoms with Crippen LogP contribution in [-0.4, -0.2) is 53.2 Å². The zero-order valence-electron chi connectivity index (χ0n) is 21.9. The fourth-order valence-electron chi connectivity index (χ4n) is 5.18. The minimum absolute atomic E-state index is 0.0521. The third kappa shape index (κ3) is 5.47. The second-order valence-corrected chi connectivity index (χ2v) is 12.6. The van der Waals surface area contributed by atoms with Crippen molar-refractivity contribution in [2.45, 2.75) is 11.4 Å². The maximum atomic E-state index is 13.4. The Bertz CT molecular complexity index is 1890. The summed E-state index contributed by atoms with van der Waals surface area (Å²) in [7, 11) is -3.78. The van der Waals surface area contributed by atoms with Gasteiger partial charge in [-0.25, -0.2) is 13.4 Å². The molecule has 41 heavy (non-hydrogen) atoms. The first kappa shape index (κ1) is 27.5. The summed E-state index contributed by atoms with van der Waals surface area (Å²) in [5.41, 5.74) is 5.78. The number of benzene rings is 3. The first-order valence-electron chi connectivity index (χ1n) is 13.1. The Morgan fingerprint density at radius 3 is 2.27 bits per heavy atom. The quantitative estimate of drug-likeness (QED) is 0.226. The van der Waals surface area contributed by atoms with E-state index in [1.807, 2.05) is 66.7 Å². The van der Waals surface area contributed by atoms with Crippen LogP contribution in [0.4, 0.5) is 0 Å². The van der Waals surface area contributed by atoms with Crippen LogP contribution in [0.25, 0.3) is 28.0 Å². The number of aromatic nitrogens is 2. The predicted molar refractivity (Wildman–Crippen MR) is 161 cm³/mol. The lowest BCUT2D eigenvalue weighted by molar-refractivity contribution is 0.180. The average molecular weight is 603 g/mol. The summed E-state index contributed by atoms with van der Waals surface area (Å²) in [4.78, 5) is 7.26. The Hall–Kier alpha value is -3.71. The highest BCUT2D eigenvalue weighted by Crippen LogP contribution is 2.30. The monoisotopic (exact) mass is 601 g/mol. The van der Waals surface area contributed by atoms with Crippen molar-refractivity contribution >= 4 is 38.9 Å². The third-order valence-electron chi connectivity index (χ3n) is 7.32. The molecular weight excluding hydrogens is 577 g/mol. The summed E-state index contributed by atoms with van der Waals surface area (Å²) in [6, 6.07) is 27.7. The summed E-state index contributed by atoms with van der Waals surface area (Å²) < 4.78 is 30.3. The molecule has 1 fully saturated rings. The lowest BCUT2D eigenvalue weighted by Gasteiger charge is -2.34. The number of fused-ring (bicyclic) bond motifs is 1. The molecule has 3 heterocycles. The SMILES string of the molecule is N#Cc1ccccc1S(=O)(=O)N1CCN(Cc2c(-c3ccc(Cl)cc3)nc3ccc(-c4cccc(Cl)c4)cn23)CC1. The summed E-state index contributed by atoms with van der Waals surface area (Å²) in [6.07, 6.45) is 2.07. The second kappa shape index (κ2) is 11.3. The van der Waals surface area contributed by atoms with Crippen molar-refractivity contribution < 1.29 is 8.42 Å². The number of pyridine rings is 1. The second-order valence-electron chi connectivity index (χ2n) is 9.86. The lowest BCUT2D eigenvalue weighted by atomic mass is 10.1. The van der Waals surface area contributed by atoms with Gasteiger partial charge in [0.2, 0.25) is 10.0 Å². The van der Waals surface area contributed by atoms with E-state index in [2.05, 4.69) is 15.5 Å². The highest BCUT2D eigenvalue weighted by atomic mass is 35.5. The minimum atomic E-state index is -3.78. The third-order valence-corrected chi connectivity index (χ3v) is 9.77. The van der Waals surface area contributed by atoms with E-state index in [1.54, 1.807) is 12.1 Å². The summed E-state index contributed by atoms with van der Waals surface area (Å²) in [6.45, 7) is 2.29. The van der Waals surface area contributed by atoms with Crippen LogP contribution in [0.2, 0.25) is 10.0 Å². The van der Waals surface area contributed by atoms with Crippen LogP contribution in [0, 0.1) is 11.3 Å². The smallest absolute Gasteiger partial charge is 0.244 e. The number of nitrogens with zero attached hydrogens (tertiary/aromatic N) is 5. The van der Waals surface area contributed by atoms with E-state index in [1.165, 1.54) is 16.4 Å². The number of sulfonamides is 1. The maximum Gasteiger partial charge on any atom is 0.244 e. The van der Waals surface area contributed by atoms with E-state index in [9.17, 15) is 13.7 Å². The number of rotatable bonds is 6. The highest BCUT2D eigenvalue weighted by Gasteiger charge is 2.31. The van der Waals surface area contributed by atoms with Crippen molar-refractivity contribution in [3.63, 3.8) is 0 Å². The summed E-state index contributed by atoms with van der Waals surface area (Å²) in [5.74, 6) is 0. The van der Waals surface area contributed by atoms with Crippen LogP contribution in [0.1, 0.15) is 11.3 Å². The van der Waals surface area contributed by atoms with Gasteiger partial charge in [-0.3, -0.25) is 4.90 Å². The molecule has 206 valence electrons. The molecule has 0 amide bonds. The molecule has 10 heteroatoms. The van der Waals surface area contributed by atoms with Crippen molar-refractivity contribution in [1.82, 2.24) is 18.6 Å². The zero-order chi connectivity index (χ0) is 28.6. The zero-order valence-corrected chi connectivity index (χ0v) is 24.2. The van der Waals surface area contributed by atoms with Gasteiger partial charge in [-0.15, -0.1) is 0 Å². The van der Waals surface area contributed by atoms with Gasteiger partial charge in [-0.2, -0.15) is 9.57 Å². The van der Waals surface area contributed by atoms with E-state index < -0.39 is 10.0 Å². The molecule has 0 unspecified atom stereocenters. The van der Waals surface area contributed by atoms with E-state index in [4.69, 9.17) is 28.2 Å². The van der Waals surface area contributed by atoms with Gasteiger partial charge in [0, 0.05) is 54.5 Å². The molecule has 0 spiro atoms. The van der Waals surface area contributed by atoms with Gasteiger partial charge in [0.25, 0.3) is 0 Å². The molecule has 0 bridgehead atoms. The van der Waals surface area contributed by atoms with Crippen molar-refractivity contribution in [3.8, 4) is 28.5 Å². The van der Waals surface area contributed by atoms with Crippen LogP contribution >= 0.6 is 23.2 Å². The molecule has 6 rings (SSSR count). The molecule has 0 N–H and O–H groups in total. The largest absolute Gasteiger partial charge is 0.301 e. The molecule has 2 aromatic heterocycles. The van der Waals surface area contributed by atoms with Crippen LogP contribution in [0.3, 0.4) is 0 Å². The maximum absolute atomic E-state index is 13.4. The average Bonchev–Trinajstić information content (AvgIpc) is 3.35. The van der Waals surface area contributed by atoms with E-state index >= 15 is 0 Å². The fourth-order valence-corrected chi connectivity index (χ4v) is 7.07. The Morgan fingerprint density at radius 2 is 1.54 bits per heavy atom. The number of hydrogen-bond acceptors (Lipinski definition) is 5. The van der Waals surface area contributed by atoms with E-state index in [0.717, 1.165) is 33.7 Å². The first-order valence-corrected chi connectivity index (χ1v) is 15.3. The van der Waals surface area contributed by atoms with Crippen LogP contribution < -0.4 is 0 Å². The number of piperazine rings is 1. The molecule has 3 aromatic carbocycles. The van der Waals surface area contributed by atoms with Crippen molar-refractivity contribution in [2.24, 2.45) is 0 Å². The molecule has 1 saturated heterocycles. The molecule has 0 radical (unpaired) electrons. The molecule has 7 nitrogen and oxygen atoms in total. The van der Waals surface area contributed by atoms with Crippen molar-refractivity contribution in [2.75, 3.05) is 26.2 Å². The molecule has 1 aliphatic rings. The predicted octanol–water partition coefficient (Wildman–Crippen LogP) is 6.35. The van der Waals surface area contributed by atoms with E-state index in [-0.39, 0.29) is 10.5 Å². The normalized spacial score (nSPS) is 14.8. The Labute approximate surface area is 248 Å². The summed E-state index contributed by atoms with van der Waals surface area (Å²) >= 11 is 12.4. The topological polar surface area (TPSA) is 81.7 Å². The van der Waals surface area contributed by atoms with Gasteiger partial charge in [-0.1, -0.05) is 59.6 Å². The van der Waals surface area contributed by atoms with Crippen LogP contribution in [0.5, 0.6) is 0 Å². The Kier molecular flexibility index (Phi) is 7.56. The van der Waals surface area contributed by atoms with Gasteiger partial charge >= 0.3 is 0 Å². The van der Waals surface area contributed by atoms with Crippen molar-refractivity contribution in [1.29, 1.82) is 5.26 Å². The lowest BCUT2D eigenvalue weighted by Crippen LogP contribution is -2.48. The van der Waals surface area contributed by atoms with Gasteiger partial charge in [0.1, 0.15) is 11.7 Å². The first-order chi connectivity index (χ1) is 19.8.